The third-order valence-corrected chi connectivity index (χ3v) is 2.59. The van der Waals surface area contributed by atoms with Crippen LogP contribution in [0.1, 0.15) is 24.2 Å². The highest BCUT2D eigenvalue weighted by molar-refractivity contribution is 5.97. The van der Waals surface area contributed by atoms with Crippen molar-refractivity contribution < 1.29 is 14.0 Å². The molecule has 0 saturated carbocycles. The van der Waals surface area contributed by atoms with Crippen molar-refractivity contribution in [3.63, 3.8) is 0 Å². The van der Waals surface area contributed by atoms with E-state index in [0.717, 1.165) is 0 Å². The second kappa shape index (κ2) is 6.14. The smallest absolute Gasteiger partial charge is 0.251 e. The maximum Gasteiger partial charge on any atom is 0.251 e. The molecule has 2 N–H and O–H groups in total. The van der Waals surface area contributed by atoms with Crippen LogP contribution in [0.4, 0.5) is 4.39 Å². The van der Waals surface area contributed by atoms with Crippen molar-refractivity contribution in [1.82, 2.24) is 10.6 Å². The zero-order valence-electron chi connectivity index (χ0n) is 10.7. The molecule has 0 spiro atoms. The largest absolute Gasteiger partial charge is 0.357 e. The highest BCUT2D eigenvalue weighted by Gasteiger charge is 2.23. The van der Waals surface area contributed by atoms with Gasteiger partial charge < -0.3 is 10.6 Å². The molecule has 0 radical (unpaired) electrons. The van der Waals surface area contributed by atoms with Crippen LogP contribution in [0, 0.1) is 11.7 Å². The van der Waals surface area contributed by atoms with Crippen molar-refractivity contribution in [3.05, 3.63) is 35.6 Å². The lowest BCUT2D eigenvalue weighted by Gasteiger charge is -2.20. The van der Waals surface area contributed by atoms with Crippen molar-refractivity contribution in [1.29, 1.82) is 0 Å². The molecule has 18 heavy (non-hydrogen) atoms. The molecule has 4 nitrogen and oxygen atoms in total. The van der Waals surface area contributed by atoms with Gasteiger partial charge in [-0.1, -0.05) is 13.8 Å². The van der Waals surface area contributed by atoms with E-state index in [0.29, 0.717) is 5.56 Å². The Kier molecular flexibility index (Phi) is 4.83. The monoisotopic (exact) mass is 252 g/mol. The molecule has 0 heterocycles. The van der Waals surface area contributed by atoms with Gasteiger partial charge in [0, 0.05) is 12.6 Å². The van der Waals surface area contributed by atoms with E-state index < -0.39 is 17.8 Å². The Morgan fingerprint density at radius 2 is 1.72 bits per heavy atom. The summed E-state index contributed by atoms with van der Waals surface area (Å²) in [5.74, 6) is -1.08. The molecular weight excluding hydrogens is 235 g/mol. The second-order valence-electron chi connectivity index (χ2n) is 4.32. The summed E-state index contributed by atoms with van der Waals surface area (Å²) in [5.41, 5.74) is 0.325. The zero-order valence-corrected chi connectivity index (χ0v) is 10.7. The molecule has 2 amide bonds. The van der Waals surface area contributed by atoms with Crippen LogP contribution in [0.2, 0.25) is 0 Å². The maximum atomic E-state index is 12.7. The van der Waals surface area contributed by atoms with Gasteiger partial charge in [0.2, 0.25) is 5.91 Å². The van der Waals surface area contributed by atoms with Gasteiger partial charge in [-0.25, -0.2) is 4.39 Å². The van der Waals surface area contributed by atoms with E-state index >= 15 is 0 Å². The first-order valence-electron chi connectivity index (χ1n) is 5.73. The molecule has 1 aromatic rings. The van der Waals surface area contributed by atoms with Gasteiger partial charge in [0.15, 0.2) is 0 Å². The summed E-state index contributed by atoms with van der Waals surface area (Å²) in [6, 6.07) is 4.57. The number of benzene rings is 1. The lowest BCUT2D eigenvalue weighted by atomic mass is 10.0. The van der Waals surface area contributed by atoms with E-state index in [-0.39, 0.29) is 11.8 Å². The first kappa shape index (κ1) is 14.2. The van der Waals surface area contributed by atoms with Crippen LogP contribution in [0.3, 0.4) is 0 Å². The second-order valence-corrected chi connectivity index (χ2v) is 4.32. The van der Waals surface area contributed by atoms with E-state index in [1.807, 2.05) is 13.8 Å². The van der Waals surface area contributed by atoms with Crippen molar-refractivity contribution in [2.75, 3.05) is 7.05 Å². The lowest BCUT2D eigenvalue weighted by Crippen LogP contribution is -2.48. The molecule has 0 fully saturated rings. The standard InChI is InChI=1S/C13H17FN2O2/c1-8(2)11(13(18)15-3)16-12(17)9-4-6-10(14)7-5-9/h4-8,11H,1-3H3,(H,15,18)(H,16,17)/t11-/m0/s1. The number of carbonyl (C=O) groups excluding carboxylic acids is 2. The maximum absolute atomic E-state index is 12.7. The Bertz CT molecular complexity index is 429. The average Bonchev–Trinajstić information content (AvgIpc) is 2.35. The van der Waals surface area contributed by atoms with Crippen LogP contribution in [0.15, 0.2) is 24.3 Å². The third kappa shape index (κ3) is 3.55. The quantitative estimate of drug-likeness (QED) is 0.849. The minimum atomic E-state index is -0.604. The van der Waals surface area contributed by atoms with Crippen LogP contribution in [0.5, 0.6) is 0 Å². The Morgan fingerprint density at radius 1 is 1.17 bits per heavy atom. The van der Waals surface area contributed by atoms with E-state index in [2.05, 4.69) is 10.6 Å². The number of halogens is 1. The molecule has 0 aliphatic heterocycles. The van der Waals surface area contributed by atoms with E-state index in [4.69, 9.17) is 0 Å². The first-order chi connectivity index (χ1) is 8.45. The number of likely N-dealkylation sites (N-methyl/N-ethyl adjacent to an activating group) is 1. The number of nitrogens with one attached hydrogen (secondary N) is 2. The predicted molar refractivity (Wildman–Crippen MR) is 66.6 cm³/mol. The summed E-state index contributed by atoms with van der Waals surface area (Å²) in [7, 11) is 1.52. The van der Waals surface area contributed by atoms with Gasteiger partial charge >= 0.3 is 0 Å². The summed E-state index contributed by atoms with van der Waals surface area (Å²) < 4.78 is 12.7. The molecule has 1 atom stereocenters. The minimum Gasteiger partial charge on any atom is -0.357 e. The van der Waals surface area contributed by atoms with Gasteiger partial charge in [0.1, 0.15) is 11.9 Å². The predicted octanol–water partition coefficient (Wildman–Crippen LogP) is 1.33. The first-order valence-corrected chi connectivity index (χ1v) is 5.73. The topological polar surface area (TPSA) is 58.2 Å². The Labute approximate surface area is 106 Å². The van der Waals surface area contributed by atoms with E-state index in [9.17, 15) is 14.0 Å². The van der Waals surface area contributed by atoms with Gasteiger partial charge in [-0.3, -0.25) is 9.59 Å². The van der Waals surface area contributed by atoms with E-state index in [1.165, 1.54) is 31.3 Å². The summed E-state index contributed by atoms with van der Waals surface area (Å²) in [6.45, 7) is 3.68. The van der Waals surface area contributed by atoms with Crippen molar-refractivity contribution >= 4 is 11.8 Å². The Morgan fingerprint density at radius 3 is 2.17 bits per heavy atom. The number of rotatable bonds is 4. The molecule has 98 valence electrons. The van der Waals surface area contributed by atoms with Gasteiger partial charge in [-0.05, 0) is 30.2 Å². The molecule has 0 aliphatic rings. The molecule has 0 bridgehead atoms. The molecule has 0 unspecified atom stereocenters. The fourth-order valence-electron chi connectivity index (χ4n) is 1.52. The summed E-state index contributed by atoms with van der Waals surface area (Å²) in [5, 5.41) is 5.13. The third-order valence-electron chi connectivity index (χ3n) is 2.59. The number of amides is 2. The molecule has 0 saturated heterocycles. The molecule has 0 aliphatic carbocycles. The average molecular weight is 252 g/mol. The number of carbonyl (C=O) groups is 2. The van der Waals surface area contributed by atoms with Gasteiger partial charge in [0.25, 0.3) is 5.91 Å². The van der Waals surface area contributed by atoms with Crippen LogP contribution in [-0.2, 0) is 4.79 Å². The van der Waals surface area contributed by atoms with Crippen LogP contribution >= 0.6 is 0 Å². The summed E-state index contributed by atoms with van der Waals surface area (Å²) >= 11 is 0. The van der Waals surface area contributed by atoms with Crippen LogP contribution in [-0.4, -0.2) is 24.9 Å². The Balaban J connectivity index is 2.78. The molecule has 1 rings (SSSR count). The SMILES string of the molecule is CNC(=O)[C@@H](NC(=O)c1ccc(F)cc1)C(C)C. The van der Waals surface area contributed by atoms with Gasteiger partial charge in [-0.15, -0.1) is 0 Å². The number of hydrogen-bond acceptors (Lipinski definition) is 2. The highest BCUT2D eigenvalue weighted by Crippen LogP contribution is 2.06. The zero-order chi connectivity index (χ0) is 13.7. The summed E-state index contributed by atoms with van der Waals surface area (Å²) in [6.07, 6.45) is 0. The molecule has 5 heteroatoms. The fraction of sp³-hybridized carbons (Fsp3) is 0.385. The summed E-state index contributed by atoms with van der Waals surface area (Å²) in [4.78, 5) is 23.5. The normalized spacial score (nSPS) is 12.1. The van der Waals surface area contributed by atoms with Crippen molar-refractivity contribution in [2.24, 2.45) is 5.92 Å². The van der Waals surface area contributed by atoms with Gasteiger partial charge in [0.05, 0.1) is 0 Å². The Hall–Kier alpha value is -1.91. The minimum absolute atomic E-state index is 0.0330. The van der Waals surface area contributed by atoms with E-state index in [1.54, 1.807) is 0 Å². The van der Waals surface area contributed by atoms with Crippen LogP contribution < -0.4 is 10.6 Å². The van der Waals surface area contributed by atoms with Crippen molar-refractivity contribution in [2.45, 2.75) is 19.9 Å². The lowest BCUT2D eigenvalue weighted by molar-refractivity contribution is -0.123. The fourth-order valence-corrected chi connectivity index (χ4v) is 1.52. The molecular formula is C13H17FN2O2. The highest BCUT2D eigenvalue weighted by atomic mass is 19.1. The van der Waals surface area contributed by atoms with Crippen molar-refractivity contribution in [3.8, 4) is 0 Å². The van der Waals surface area contributed by atoms with Gasteiger partial charge in [-0.2, -0.15) is 0 Å². The molecule has 0 aromatic heterocycles. The number of hydrogen-bond donors (Lipinski definition) is 2. The van der Waals surface area contributed by atoms with Crippen LogP contribution in [0.25, 0.3) is 0 Å². The molecule has 1 aromatic carbocycles.